The number of aliphatic hydroxyl groups excluding tert-OH is 1. The molecule has 2 N–H and O–H groups in total. The number of benzene rings is 1. The van der Waals surface area contributed by atoms with Crippen LogP contribution in [-0.4, -0.2) is 34.7 Å². The second kappa shape index (κ2) is 7.39. The number of carboxylic acid groups (broad SMARTS) is 1. The van der Waals surface area contributed by atoms with Gasteiger partial charge in [0, 0.05) is 0 Å². The van der Waals surface area contributed by atoms with Crippen LogP contribution in [0.1, 0.15) is 34.6 Å². The standard InChI is InChI=1S/C14H15IO5/c1-3-4-11(17)9-5-6-10(14(18)19)12(15)13(9)20-7-8(2)16/h3-6,8,16H,7H2,1-2H3,(H,18,19). The summed E-state index contributed by atoms with van der Waals surface area (Å²) in [5.74, 6) is -1.18. The number of aliphatic hydroxyl groups is 1. The molecule has 1 aromatic rings. The van der Waals surface area contributed by atoms with E-state index in [1.54, 1.807) is 19.9 Å². The van der Waals surface area contributed by atoms with Crippen LogP contribution < -0.4 is 4.74 Å². The van der Waals surface area contributed by atoms with E-state index in [9.17, 15) is 14.7 Å². The lowest BCUT2D eigenvalue weighted by Crippen LogP contribution is -2.16. The number of halogens is 1. The first kappa shape index (κ1) is 16.6. The molecule has 0 aliphatic heterocycles. The van der Waals surface area contributed by atoms with Crippen molar-refractivity contribution in [1.29, 1.82) is 0 Å². The molecule has 1 atom stereocenters. The van der Waals surface area contributed by atoms with E-state index in [1.807, 2.05) is 22.6 Å². The summed E-state index contributed by atoms with van der Waals surface area (Å²) in [4.78, 5) is 23.1. The molecule has 108 valence electrons. The molecule has 0 saturated carbocycles. The Morgan fingerprint density at radius 2 is 2.00 bits per heavy atom. The highest BCUT2D eigenvalue weighted by molar-refractivity contribution is 14.1. The summed E-state index contributed by atoms with van der Waals surface area (Å²) in [6.45, 7) is 3.24. The molecule has 0 amide bonds. The van der Waals surface area contributed by atoms with Crippen molar-refractivity contribution in [2.75, 3.05) is 6.61 Å². The highest BCUT2D eigenvalue weighted by atomic mass is 127. The normalized spacial score (nSPS) is 12.4. The Morgan fingerprint density at radius 3 is 2.50 bits per heavy atom. The van der Waals surface area contributed by atoms with Gasteiger partial charge in [0.05, 0.1) is 20.8 Å². The lowest BCUT2D eigenvalue weighted by atomic mass is 10.1. The van der Waals surface area contributed by atoms with Gasteiger partial charge in [-0.1, -0.05) is 6.08 Å². The fourth-order valence-corrected chi connectivity index (χ4v) is 2.36. The maximum absolute atomic E-state index is 12.0. The fourth-order valence-electron chi connectivity index (χ4n) is 1.50. The average Bonchev–Trinajstić information content (AvgIpc) is 2.36. The maximum Gasteiger partial charge on any atom is 0.336 e. The van der Waals surface area contributed by atoms with E-state index in [0.29, 0.717) is 3.57 Å². The van der Waals surface area contributed by atoms with Crippen molar-refractivity contribution >= 4 is 34.3 Å². The molecule has 20 heavy (non-hydrogen) atoms. The van der Waals surface area contributed by atoms with E-state index >= 15 is 0 Å². The van der Waals surface area contributed by atoms with Gasteiger partial charge in [0.15, 0.2) is 5.78 Å². The molecule has 1 aromatic carbocycles. The van der Waals surface area contributed by atoms with E-state index in [-0.39, 0.29) is 29.3 Å². The van der Waals surface area contributed by atoms with Crippen molar-refractivity contribution < 1.29 is 24.5 Å². The Morgan fingerprint density at radius 1 is 1.40 bits per heavy atom. The molecule has 0 heterocycles. The van der Waals surface area contributed by atoms with Crippen molar-refractivity contribution in [3.05, 3.63) is 39.0 Å². The third kappa shape index (κ3) is 4.04. The first-order valence-electron chi connectivity index (χ1n) is 5.92. The SMILES string of the molecule is CC=CC(=O)c1ccc(C(=O)O)c(I)c1OCC(C)O. The second-order valence-electron chi connectivity index (χ2n) is 4.13. The van der Waals surface area contributed by atoms with Gasteiger partial charge in [-0.05, 0) is 54.6 Å². The molecule has 5 nitrogen and oxygen atoms in total. The Hall–Kier alpha value is -1.41. The van der Waals surface area contributed by atoms with E-state index < -0.39 is 12.1 Å². The smallest absolute Gasteiger partial charge is 0.336 e. The molecule has 0 bridgehead atoms. The zero-order chi connectivity index (χ0) is 15.3. The van der Waals surface area contributed by atoms with Crippen LogP contribution in [0.5, 0.6) is 5.75 Å². The van der Waals surface area contributed by atoms with Gasteiger partial charge in [-0.2, -0.15) is 0 Å². The van der Waals surface area contributed by atoms with Crippen LogP contribution in [0.25, 0.3) is 0 Å². The van der Waals surface area contributed by atoms with Crippen LogP contribution >= 0.6 is 22.6 Å². The molecule has 0 aromatic heterocycles. The third-order valence-electron chi connectivity index (χ3n) is 2.38. The van der Waals surface area contributed by atoms with Crippen molar-refractivity contribution in [2.45, 2.75) is 20.0 Å². The van der Waals surface area contributed by atoms with Gasteiger partial charge < -0.3 is 14.9 Å². The van der Waals surface area contributed by atoms with Crippen LogP contribution in [0.3, 0.4) is 0 Å². The van der Waals surface area contributed by atoms with Crippen LogP contribution in [0.2, 0.25) is 0 Å². The van der Waals surface area contributed by atoms with Gasteiger partial charge in [-0.15, -0.1) is 0 Å². The molecule has 6 heteroatoms. The number of hydrogen-bond acceptors (Lipinski definition) is 4. The number of aromatic carboxylic acids is 1. The molecule has 0 aliphatic rings. The fraction of sp³-hybridized carbons (Fsp3) is 0.286. The molecule has 1 unspecified atom stereocenters. The van der Waals surface area contributed by atoms with Gasteiger partial charge in [0.2, 0.25) is 0 Å². The first-order valence-corrected chi connectivity index (χ1v) is 7.00. The first-order chi connectivity index (χ1) is 9.38. The van der Waals surface area contributed by atoms with E-state index in [2.05, 4.69) is 0 Å². The lowest BCUT2D eigenvalue weighted by molar-refractivity contribution is 0.0694. The largest absolute Gasteiger partial charge is 0.489 e. The zero-order valence-corrected chi connectivity index (χ0v) is 13.2. The molecule has 1 rings (SSSR count). The highest BCUT2D eigenvalue weighted by Crippen LogP contribution is 2.30. The van der Waals surface area contributed by atoms with E-state index in [4.69, 9.17) is 9.84 Å². The molecular weight excluding hydrogens is 375 g/mol. The van der Waals surface area contributed by atoms with Crippen LogP contribution in [-0.2, 0) is 0 Å². The van der Waals surface area contributed by atoms with Crippen molar-refractivity contribution in [1.82, 2.24) is 0 Å². The number of carbonyl (C=O) groups excluding carboxylic acids is 1. The quantitative estimate of drug-likeness (QED) is 0.443. The molecule has 0 spiro atoms. The maximum atomic E-state index is 12.0. The number of allylic oxidation sites excluding steroid dienone is 2. The second-order valence-corrected chi connectivity index (χ2v) is 5.21. The number of carbonyl (C=O) groups is 2. The summed E-state index contributed by atoms with van der Waals surface area (Å²) in [5.41, 5.74) is 0.335. The van der Waals surface area contributed by atoms with Crippen LogP contribution in [0, 0.1) is 3.57 Å². The van der Waals surface area contributed by atoms with E-state index in [1.165, 1.54) is 18.2 Å². The summed E-state index contributed by atoms with van der Waals surface area (Å²) in [5, 5.41) is 18.4. The Bertz CT molecular complexity index is 549. The summed E-state index contributed by atoms with van der Waals surface area (Å²) < 4.78 is 5.75. The lowest BCUT2D eigenvalue weighted by Gasteiger charge is -2.14. The topological polar surface area (TPSA) is 83.8 Å². The third-order valence-corrected chi connectivity index (χ3v) is 3.45. The summed E-state index contributed by atoms with van der Waals surface area (Å²) in [7, 11) is 0. The minimum Gasteiger partial charge on any atom is -0.489 e. The van der Waals surface area contributed by atoms with Gasteiger partial charge >= 0.3 is 5.97 Å². The Labute approximate surface area is 130 Å². The summed E-state index contributed by atoms with van der Waals surface area (Å²) in [6.07, 6.45) is 2.25. The van der Waals surface area contributed by atoms with Gasteiger partial charge in [-0.3, -0.25) is 4.79 Å². The molecule has 0 fully saturated rings. The minimum atomic E-state index is -1.10. The highest BCUT2D eigenvalue weighted by Gasteiger charge is 2.20. The monoisotopic (exact) mass is 390 g/mol. The van der Waals surface area contributed by atoms with Gasteiger partial charge in [0.25, 0.3) is 0 Å². The number of hydrogen-bond donors (Lipinski definition) is 2. The van der Waals surface area contributed by atoms with Crippen molar-refractivity contribution in [2.24, 2.45) is 0 Å². The predicted octanol–water partition coefficient (Wildman–Crippen LogP) is 2.51. The van der Waals surface area contributed by atoms with Gasteiger partial charge in [0.1, 0.15) is 12.4 Å². The summed E-state index contributed by atoms with van der Waals surface area (Å²) >= 11 is 1.83. The van der Waals surface area contributed by atoms with Crippen LogP contribution in [0.15, 0.2) is 24.3 Å². The number of ether oxygens (including phenoxy) is 1. The number of ketones is 1. The summed E-state index contributed by atoms with van der Waals surface area (Å²) in [6, 6.07) is 2.79. The molecule has 0 radical (unpaired) electrons. The zero-order valence-electron chi connectivity index (χ0n) is 11.1. The number of carboxylic acids is 1. The Kier molecular flexibility index (Phi) is 6.15. The van der Waals surface area contributed by atoms with E-state index in [0.717, 1.165) is 0 Å². The van der Waals surface area contributed by atoms with Crippen molar-refractivity contribution in [3.63, 3.8) is 0 Å². The minimum absolute atomic E-state index is 0.0187. The molecule has 0 aliphatic carbocycles. The Balaban J connectivity index is 3.32. The van der Waals surface area contributed by atoms with Gasteiger partial charge in [-0.25, -0.2) is 4.79 Å². The predicted molar refractivity (Wildman–Crippen MR) is 82.4 cm³/mol. The average molecular weight is 390 g/mol. The molecule has 0 saturated heterocycles. The number of rotatable bonds is 6. The van der Waals surface area contributed by atoms with Crippen LogP contribution in [0.4, 0.5) is 0 Å². The molecular formula is C14H15IO5. The van der Waals surface area contributed by atoms with Crippen molar-refractivity contribution in [3.8, 4) is 5.75 Å².